The van der Waals surface area contributed by atoms with Crippen molar-refractivity contribution in [3.8, 4) is 11.5 Å². The number of hydrogen-bond acceptors (Lipinski definition) is 14. The Morgan fingerprint density at radius 1 is 0.531 bits per heavy atom. The number of phenolic OH excluding ortho intramolecular Hbond substituents is 1. The molecule has 14 atom stereocenters. The summed E-state index contributed by atoms with van der Waals surface area (Å²) in [6.07, 6.45) is 11.3. The van der Waals surface area contributed by atoms with Crippen LogP contribution in [0.15, 0.2) is 36.4 Å². The molecular formula is C64H95NaO16. The van der Waals surface area contributed by atoms with Gasteiger partial charge in [0.15, 0.2) is 0 Å². The summed E-state index contributed by atoms with van der Waals surface area (Å²) in [5.41, 5.74) is -0.798. The molecule has 5 aliphatic heterocycles. The first kappa shape index (κ1) is 66.8. The Hall–Kier alpha value is -3.32. The van der Waals surface area contributed by atoms with E-state index in [9.17, 15) is 49.8 Å². The van der Waals surface area contributed by atoms with Gasteiger partial charge in [-0.25, -0.2) is 9.59 Å². The first-order valence-corrected chi connectivity index (χ1v) is 30.5. The Kier molecular flexibility index (Phi) is 25.7. The molecule has 4 saturated heterocycles. The zero-order valence-electron chi connectivity index (χ0n) is 49.7. The van der Waals surface area contributed by atoms with Crippen molar-refractivity contribution in [1.29, 1.82) is 0 Å². The van der Waals surface area contributed by atoms with Gasteiger partial charge in [-0.3, -0.25) is 9.59 Å². The van der Waals surface area contributed by atoms with Gasteiger partial charge in [-0.05, 0) is 211 Å². The summed E-state index contributed by atoms with van der Waals surface area (Å²) in [7, 11) is 0. The van der Waals surface area contributed by atoms with Crippen LogP contribution in [0.3, 0.4) is 0 Å². The molecule has 0 amide bonds. The molecular weight excluding hydrogens is 1050 g/mol. The topological polar surface area (TPSA) is 248 Å². The van der Waals surface area contributed by atoms with Crippen LogP contribution in [0, 0.1) is 22.7 Å². The van der Waals surface area contributed by atoms with Gasteiger partial charge in [-0.2, -0.15) is 0 Å². The molecule has 2 aromatic rings. The van der Waals surface area contributed by atoms with Gasteiger partial charge < -0.3 is 59.1 Å². The third kappa shape index (κ3) is 18.8. The maximum atomic E-state index is 14.4. The van der Waals surface area contributed by atoms with E-state index in [4.69, 9.17) is 28.4 Å². The number of hydrogen-bond donors (Lipinski definition) is 5. The fourth-order valence-electron chi connectivity index (χ4n) is 13.2. The Labute approximate surface area is 503 Å². The molecule has 4 bridgehead atoms. The van der Waals surface area contributed by atoms with Crippen LogP contribution < -0.4 is 34.7 Å². The minimum Gasteiger partial charge on any atom is -0.872 e. The molecule has 5 N–H and O–H groups in total. The van der Waals surface area contributed by atoms with E-state index in [-0.39, 0.29) is 121 Å². The summed E-state index contributed by atoms with van der Waals surface area (Å²) in [4.78, 5) is 53.0. The smallest absolute Gasteiger partial charge is 0.872 e. The Bertz CT molecular complexity index is 2180. The maximum absolute atomic E-state index is 14.4. The van der Waals surface area contributed by atoms with Crippen molar-refractivity contribution < 1.29 is 108 Å². The molecule has 7 rings (SSSR count). The van der Waals surface area contributed by atoms with Gasteiger partial charge in [0.05, 0.1) is 77.4 Å². The van der Waals surface area contributed by atoms with Crippen molar-refractivity contribution in [2.45, 2.75) is 282 Å². The molecule has 0 aliphatic carbocycles. The molecule has 17 heteroatoms. The fourth-order valence-corrected chi connectivity index (χ4v) is 13.2. The van der Waals surface area contributed by atoms with Crippen LogP contribution in [0.4, 0.5) is 0 Å². The minimum absolute atomic E-state index is 0. The SMILES string of the molecule is C[C@H]1CC[C@@H]2CCC[C@H](CCCc3cccc(O)c3C(=O)O[C@H](C[C@@H](O)C[C@@H]3CCC[C@H](C(C)(C)C(=O)O)O3)[C@@H](C)CCC3CCCC(CCCc4cccc([O-])c4C(=O)O[C@@H]1C[C@@H](O)C[C@@H]1CCC[C@H](C(C)(C)C(=O)O)O1)O3)O2.[Na+]. The zero-order chi connectivity index (χ0) is 57.7. The van der Waals surface area contributed by atoms with Crippen molar-refractivity contribution in [3.05, 3.63) is 58.7 Å². The van der Waals surface area contributed by atoms with Gasteiger partial charge in [-0.1, -0.05) is 49.9 Å². The van der Waals surface area contributed by atoms with Crippen molar-refractivity contribution in [2.75, 3.05) is 0 Å². The molecule has 81 heavy (non-hydrogen) atoms. The number of aromatic hydroxyl groups is 1. The minimum atomic E-state index is -1.09. The van der Waals surface area contributed by atoms with Gasteiger partial charge in [0.25, 0.3) is 0 Å². The van der Waals surface area contributed by atoms with Crippen molar-refractivity contribution >= 4 is 23.9 Å². The molecule has 448 valence electrons. The normalized spacial score (nSPS) is 31.0. The number of carboxylic acids is 2. The number of cyclic esters (lactones) is 2. The summed E-state index contributed by atoms with van der Waals surface area (Å²) in [5, 5.41) is 68.1. The summed E-state index contributed by atoms with van der Waals surface area (Å²) >= 11 is 0. The number of aryl methyl sites for hydroxylation is 2. The number of carboxylic acid groups (broad SMARTS) is 2. The van der Waals surface area contributed by atoms with E-state index in [1.807, 2.05) is 26.0 Å². The number of aliphatic hydroxyl groups is 2. The number of fused-ring (bicyclic) bond motifs is 6. The van der Waals surface area contributed by atoms with Crippen LogP contribution in [0.5, 0.6) is 11.5 Å². The van der Waals surface area contributed by atoms with Gasteiger partial charge in [0.2, 0.25) is 0 Å². The van der Waals surface area contributed by atoms with E-state index in [0.717, 1.165) is 57.8 Å². The predicted molar refractivity (Wildman–Crippen MR) is 298 cm³/mol. The summed E-state index contributed by atoms with van der Waals surface area (Å²) in [5.74, 6) is -4.25. The molecule has 16 nitrogen and oxygen atoms in total. The predicted octanol–water partition coefficient (Wildman–Crippen LogP) is 7.97. The van der Waals surface area contributed by atoms with Crippen LogP contribution >= 0.6 is 0 Å². The number of rotatable bonds is 12. The summed E-state index contributed by atoms with van der Waals surface area (Å²) < 4.78 is 38.8. The molecule has 0 aromatic heterocycles. The van der Waals surface area contributed by atoms with E-state index in [2.05, 4.69) is 0 Å². The number of aliphatic hydroxyl groups excluding tert-OH is 2. The number of ether oxygens (including phenoxy) is 6. The van der Waals surface area contributed by atoms with E-state index >= 15 is 0 Å². The number of esters is 2. The zero-order valence-corrected chi connectivity index (χ0v) is 51.7. The van der Waals surface area contributed by atoms with Crippen molar-refractivity contribution in [2.24, 2.45) is 22.7 Å². The molecule has 0 radical (unpaired) electrons. The van der Waals surface area contributed by atoms with E-state index in [0.29, 0.717) is 94.6 Å². The molecule has 5 aliphatic rings. The number of benzene rings is 2. The number of carbonyl (C=O) groups is 4. The van der Waals surface area contributed by atoms with Crippen LogP contribution in [0.1, 0.15) is 227 Å². The van der Waals surface area contributed by atoms with Crippen molar-refractivity contribution in [3.63, 3.8) is 0 Å². The fraction of sp³-hybridized carbons (Fsp3) is 0.750. The second-order valence-electron chi connectivity index (χ2n) is 25.7. The monoisotopic (exact) mass is 1140 g/mol. The van der Waals surface area contributed by atoms with Crippen LogP contribution in [-0.2, 0) is 50.9 Å². The van der Waals surface area contributed by atoms with Crippen LogP contribution in [0.2, 0.25) is 0 Å². The Morgan fingerprint density at radius 2 is 0.914 bits per heavy atom. The first-order chi connectivity index (χ1) is 38.1. The van der Waals surface area contributed by atoms with Crippen molar-refractivity contribution in [1.82, 2.24) is 0 Å². The molecule has 0 saturated carbocycles. The third-order valence-corrected chi connectivity index (χ3v) is 18.6. The quantitative estimate of drug-likeness (QED) is 0.0999. The molecule has 4 fully saturated rings. The van der Waals surface area contributed by atoms with Gasteiger partial charge in [-0.15, -0.1) is 0 Å². The first-order valence-electron chi connectivity index (χ1n) is 30.5. The van der Waals surface area contributed by atoms with Gasteiger partial charge in [0, 0.05) is 12.8 Å². The van der Waals surface area contributed by atoms with Gasteiger partial charge in [0.1, 0.15) is 23.5 Å². The van der Waals surface area contributed by atoms with Crippen LogP contribution in [-0.4, -0.2) is 123 Å². The van der Waals surface area contributed by atoms with Gasteiger partial charge >= 0.3 is 53.4 Å². The largest absolute Gasteiger partial charge is 1.00 e. The average molecular weight is 1140 g/mol. The Morgan fingerprint density at radius 3 is 1.36 bits per heavy atom. The maximum Gasteiger partial charge on any atom is 1.00 e. The summed E-state index contributed by atoms with van der Waals surface area (Å²) in [6, 6.07) is 9.93. The number of aliphatic carboxylic acids is 2. The second-order valence-corrected chi connectivity index (χ2v) is 25.7. The molecule has 2 aromatic carbocycles. The van der Waals surface area contributed by atoms with E-state index < -0.39 is 77.1 Å². The van der Waals surface area contributed by atoms with E-state index in [1.165, 1.54) is 12.1 Å². The summed E-state index contributed by atoms with van der Waals surface area (Å²) in [6.45, 7) is 10.7. The van der Waals surface area contributed by atoms with Crippen LogP contribution in [0.25, 0.3) is 0 Å². The Balaban J connectivity index is 0.0000106. The average Bonchev–Trinajstić information content (AvgIpc) is 3.42. The number of phenols is 1. The number of carbonyl (C=O) groups excluding carboxylic acids is 2. The third-order valence-electron chi connectivity index (χ3n) is 18.6. The second kappa shape index (κ2) is 31.2. The molecule has 2 unspecified atom stereocenters. The molecule has 0 spiro atoms. The molecule has 5 heterocycles. The standard InChI is InChI=1S/C64H96O16.Na/c1-39-31-33-47-23-11-21-45(75-47)19-8-16-42-18-10-28-52(68)58(42)60(70)80-54(38-44(66)36-50-26-14-30-56(78-50)64(5,6)62(73)74)40(2)32-34-48-24-12-22-46(76-48)20-7-15-41-17-9-27-51(67)57(41)59(69)79-53(39)37-43(65)35-49-25-13-29-55(77-49)63(3,4)61(71)72;/h9-10,17-18,27-28,39-40,43-50,53-56,65-68H,7-8,11-16,19-26,29-38H2,1-6H3,(H,71,72)(H,73,74);/q;+1/p-1/t39-,40-,43-,44-,45-,46?,47-,48?,49-,50-,53+,54+,55+,56+;/m0./s1. The van der Waals surface area contributed by atoms with E-state index in [1.54, 1.807) is 39.8 Å².